The van der Waals surface area contributed by atoms with Crippen molar-refractivity contribution in [3.05, 3.63) is 41.4 Å². The van der Waals surface area contributed by atoms with Gasteiger partial charge in [-0.1, -0.05) is 30.3 Å². The van der Waals surface area contributed by atoms with E-state index in [1.165, 1.54) is 14.2 Å². The number of methoxy groups -OCH3 is 2. The van der Waals surface area contributed by atoms with E-state index < -0.39 is 0 Å². The van der Waals surface area contributed by atoms with Crippen molar-refractivity contribution in [1.82, 2.24) is 15.0 Å². The molecule has 0 atom stereocenters. The minimum Gasteiger partial charge on any atom is -0.573 e. The Kier molecular flexibility index (Phi) is 6.98. The number of rotatable bonds is 5. The van der Waals surface area contributed by atoms with Gasteiger partial charge in [0, 0.05) is 16.3 Å². The Morgan fingerprint density at radius 1 is 1.12 bits per heavy atom. The Morgan fingerprint density at radius 2 is 1.80 bits per heavy atom. The van der Waals surface area contributed by atoms with Crippen LogP contribution in [0.4, 0.5) is 0 Å². The Hall–Kier alpha value is -1.44. The molecule has 7 nitrogen and oxygen atoms in total. The quantitative estimate of drug-likeness (QED) is 0.508. The third-order valence-corrected chi connectivity index (χ3v) is 3.49. The van der Waals surface area contributed by atoms with Gasteiger partial charge in [0.05, 0.1) is 20.3 Å². The van der Waals surface area contributed by atoms with Crippen molar-refractivity contribution in [2.45, 2.75) is 6.92 Å². The summed E-state index contributed by atoms with van der Waals surface area (Å²) in [5.74, 6) is 1.49. The molecule has 1 aromatic carbocycles. The molecular weight excluding hydrogens is 475 g/mol. The molecule has 3 rings (SSSR count). The summed E-state index contributed by atoms with van der Waals surface area (Å²) in [4.78, 5) is 12.2. The number of hydrogen-bond donors (Lipinski definition) is 0. The first-order valence-electron chi connectivity index (χ1n) is 6.89. The van der Waals surface area contributed by atoms with Gasteiger partial charge in [0.15, 0.2) is 0 Å². The van der Waals surface area contributed by atoms with Crippen LogP contribution < -0.4 is 14.2 Å². The molecule has 0 aliphatic carbocycles. The molecule has 2 heterocycles. The molecule has 0 aliphatic heterocycles. The van der Waals surface area contributed by atoms with E-state index >= 15 is 0 Å². The average Bonchev–Trinajstić information content (AvgIpc) is 3.00. The van der Waals surface area contributed by atoms with E-state index in [1.54, 1.807) is 31.2 Å². The summed E-state index contributed by atoms with van der Waals surface area (Å²) in [7, 11) is 2.98. The van der Waals surface area contributed by atoms with Crippen LogP contribution in [0.15, 0.2) is 28.7 Å². The maximum absolute atomic E-state index is 6.30. The minimum absolute atomic E-state index is 0. The van der Waals surface area contributed by atoms with Crippen LogP contribution >= 0.6 is 11.6 Å². The normalized spacial score (nSPS) is 10.1. The van der Waals surface area contributed by atoms with Crippen LogP contribution in [0.25, 0.3) is 11.3 Å². The van der Waals surface area contributed by atoms with Crippen LogP contribution in [0.5, 0.6) is 23.5 Å². The van der Waals surface area contributed by atoms with E-state index in [2.05, 4.69) is 21.3 Å². The first-order chi connectivity index (χ1) is 11.6. The third kappa shape index (κ3) is 4.40. The molecule has 0 bridgehead atoms. The molecule has 0 amide bonds. The standard InChI is InChI=1S/C16H13ClN3O4.Pr/c1-9-15(23-8-18-9)14-10(17)5-4-6-11(14)24-16-19-12(21-2)7-13(20-16)22-3;/h4-7H,1-3H3;/q-1;+3. The summed E-state index contributed by atoms with van der Waals surface area (Å²) < 4.78 is 21.3. The van der Waals surface area contributed by atoms with Crippen LogP contribution in [0.1, 0.15) is 5.69 Å². The van der Waals surface area contributed by atoms with Gasteiger partial charge in [-0.2, -0.15) is 9.97 Å². The van der Waals surface area contributed by atoms with E-state index in [-0.39, 0.29) is 47.3 Å². The van der Waals surface area contributed by atoms with Crippen LogP contribution in [0, 0.1) is 54.6 Å². The fraction of sp³-hybridized carbons (Fsp3) is 0.188. The van der Waals surface area contributed by atoms with Gasteiger partial charge in [0.2, 0.25) is 11.8 Å². The van der Waals surface area contributed by atoms with E-state index in [0.717, 1.165) is 0 Å². The van der Waals surface area contributed by atoms with Crippen molar-refractivity contribution < 1.29 is 59.9 Å². The zero-order valence-electron chi connectivity index (χ0n) is 13.7. The van der Waals surface area contributed by atoms with Crippen molar-refractivity contribution in [3.63, 3.8) is 0 Å². The molecule has 0 saturated carbocycles. The molecule has 0 aliphatic rings. The summed E-state index contributed by atoms with van der Waals surface area (Å²) >= 11 is 6.30. The van der Waals surface area contributed by atoms with Crippen molar-refractivity contribution in [1.29, 1.82) is 0 Å². The van der Waals surface area contributed by atoms with Gasteiger partial charge in [-0.05, 0) is 12.1 Å². The number of aryl methyl sites for hydroxylation is 1. The summed E-state index contributed by atoms with van der Waals surface area (Å²) in [6, 6.07) is 6.78. The van der Waals surface area contributed by atoms with E-state index in [0.29, 0.717) is 39.5 Å². The Bertz CT molecular complexity index is 850. The topological polar surface area (TPSA) is 79.5 Å². The largest absolute Gasteiger partial charge is 3.00 e. The van der Waals surface area contributed by atoms with Gasteiger partial charge in [0.25, 0.3) is 0 Å². The summed E-state index contributed by atoms with van der Waals surface area (Å²) in [6.45, 7) is 1.79. The molecule has 124 valence electrons. The predicted octanol–water partition coefficient (Wildman–Crippen LogP) is 3.70. The summed E-state index contributed by atoms with van der Waals surface area (Å²) in [6.07, 6.45) is 2.44. The fourth-order valence-electron chi connectivity index (χ4n) is 2.04. The summed E-state index contributed by atoms with van der Waals surface area (Å²) in [5, 5.41) is 0.440. The minimum atomic E-state index is 0. The predicted molar refractivity (Wildman–Crippen MR) is 85.7 cm³/mol. The van der Waals surface area contributed by atoms with Gasteiger partial charge in [-0.3, -0.25) is 0 Å². The second kappa shape index (κ2) is 8.78. The average molecular weight is 488 g/mol. The van der Waals surface area contributed by atoms with Crippen molar-refractivity contribution in [3.8, 4) is 34.8 Å². The first-order valence-corrected chi connectivity index (χ1v) is 7.27. The first kappa shape index (κ1) is 19.9. The van der Waals surface area contributed by atoms with E-state index in [9.17, 15) is 0 Å². The molecule has 0 unspecified atom stereocenters. The third-order valence-electron chi connectivity index (χ3n) is 3.17. The maximum Gasteiger partial charge on any atom is 3.00 e. The molecule has 0 N–H and O–H groups in total. The van der Waals surface area contributed by atoms with Crippen molar-refractivity contribution in [2.24, 2.45) is 0 Å². The molecule has 25 heavy (non-hydrogen) atoms. The van der Waals surface area contributed by atoms with Crippen molar-refractivity contribution in [2.75, 3.05) is 14.2 Å². The van der Waals surface area contributed by atoms with Gasteiger partial charge in [-0.15, -0.1) is 0 Å². The number of benzene rings is 1. The molecule has 3 aromatic rings. The zero-order valence-corrected chi connectivity index (χ0v) is 18.2. The second-order valence-electron chi connectivity index (χ2n) is 4.67. The SMILES string of the molecule is COc1cc(OC)nc(Oc2cccc(Cl)c2-c2o[c-]nc2C)n1.[Pr+3]. The number of aromatic nitrogens is 3. The van der Waals surface area contributed by atoms with E-state index in [1.807, 2.05) is 0 Å². The molecule has 2 aromatic heterocycles. The Morgan fingerprint density at radius 3 is 2.36 bits per heavy atom. The van der Waals surface area contributed by atoms with Crippen LogP contribution in [-0.2, 0) is 0 Å². The van der Waals surface area contributed by atoms with Crippen LogP contribution in [0.2, 0.25) is 5.02 Å². The zero-order chi connectivity index (χ0) is 17.1. The van der Waals surface area contributed by atoms with Gasteiger partial charge >= 0.3 is 47.3 Å². The number of nitrogens with zero attached hydrogens (tertiary/aromatic N) is 3. The number of ether oxygens (including phenoxy) is 3. The maximum atomic E-state index is 6.30. The number of oxazole rings is 1. The van der Waals surface area contributed by atoms with Gasteiger partial charge in [0.1, 0.15) is 12.1 Å². The Labute approximate surface area is 182 Å². The van der Waals surface area contributed by atoms with Gasteiger partial charge < -0.3 is 23.6 Å². The number of hydrogen-bond acceptors (Lipinski definition) is 7. The van der Waals surface area contributed by atoms with Crippen LogP contribution in [-0.4, -0.2) is 29.2 Å². The van der Waals surface area contributed by atoms with Gasteiger partial charge in [-0.25, -0.2) is 0 Å². The Balaban J connectivity index is 0.00000225. The second-order valence-corrected chi connectivity index (χ2v) is 5.08. The fourth-order valence-corrected chi connectivity index (χ4v) is 2.29. The molecule has 0 saturated heterocycles. The van der Waals surface area contributed by atoms with E-state index in [4.69, 9.17) is 30.2 Å². The molecule has 0 spiro atoms. The monoisotopic (exact) mass is 487 g/mol. The number of halogens is 1. The molecule has 0 fully saturated rings. The molecule has 0 radical (unpaired) electrons. The molecular formula is C16H13ClN3O4Pr+2. The molecule has 9 heteroatoms. The smallest absolute Gasteiger partial charge is 0.573 e. The summed E-state index contributed by atoms with van der Waals surface area (Å²) in [5.41, 5.74) is 1.17. The van der Waals surface area contributed by atoms with Crippen molar-refractivity contribution >= 4 is 11.6 Å². The van der Waals surface area contributed by atoms with Crippen LogP contribution in [0.3, 0.4) is 0 Å².